The number of hydrogen-bond acceptors (Lipinski definition) is 1. The van der Waals surface area contributed by atoms with Gasteiger partial charge in [0.25, 0.3) is 0 Å². The minimum absolute atomic E-state index is 0.559. The molecule has 1 rings (SSSR count). The summed E-state index contributed by atoms with van der Waals surface area (Å²) >= 11 is 1.94. The first-order valence-corrected chi connectivity index (χ1v) is 6.00. The normalized spacial score (nSPS) is 17.8. The van der Waals surface area contributed by atoms with Crippen molar-refractivity contribution >= 4 is 11.8 Å². The molecule has 0 atom stereocenters. The largest absolute Gasteiger partial charge is 0.125 e. The van der Waals surface area contributed by atoms with Crippen molar-refractivity contribution in [3.63, 3.8) is 0 Å². The van der Waals surface area contributed by atoms with E-state index in [4.69, 9.17) is 0 Å². The van der Waals surface area contributed by atoms with E-state index in [2.05, 4.69) is 33.1 Å². The Kier molecular flexibility index (Phi) is 4.27. The second kappa shape index (κ2) is 5.26. The van der Waals surface area contributed by atoms with Crippen LogP contribution in [-0.2, 0) is 0 Å². The van der Waals surface area contributed by atoms with Crippen molar-refractivity contribution in [2.24, 2.45) is 5.92 Å². The highest BCUT2D eigenvalue weighted by atomic mass is 32.2. The molecule has 0 spiro atoms. The summed E-state index contributed by atoms with van der Waals surface area (Å²) in [6, 6.07) is 0. The first-order chi connectivity index (χ1) is 6.70. The molecule has 0 bridgehead atoms. The Morgan fingerprint density at radius 1 is 1.43 bits per heavy atom. The van der Waals surface area contributed by atoms with E-state index in [1.165, 1.54) is 21.8 Å². The molecule has 0 aromatic carbocycles. The van der Waals surface area contributed by atoms with Crippen LogP contribution in [0.2, 0.25) is 0 Å². The van der Waals surface area contributed by atoms with Gasteiger partial charge in [-0.05, 0) is 23.5 Å². The van der Waals surface area contributed by atoms with Crippen LogP contribution in [0.15, 0.2) is 47.4 Å². The molecule has 1 heteroatoms. The van der Waals surface area contributed by atoms with Crippen LogP contribution in [0.25, 0.3) is 0 Å². The van der Waals surface area contributed by atoms with Gasteiger partial charge in [0.15, 0.2) is 0 Å². The Morgan fingerprint density at radius 3 is 2.64 bits per heavy atom. The fourth-order valence-corrected chi connectivity index (χ4v) is 2.96. The van der Waals surface area contributed by atoms with Gasteiger partial charge < -0.3 is 0 Å². The van der Waals surface area contributed by atoms with Crippen molar-refractivity contribution in [3.8, 4) is 0 Å². The Hall–Kier alpha value is -0.690. The monoisotopic (exact) mass is 206 g/mol. The maximum Gasteiger partial charge on any atom is 0.0139 e. The molecule has 0 aromatic heterocycles. The van der Waals surface area contributed by atoms with E-state index in [-0.39, 0.29) is 0 Å². The molecule has 0 N–H and O–H groups in total. The van der Waals surface area contributed by atoms with Gasteiger partial charge in [0, 0.05) is 10.7 Å². The molecule has 14 heavy (non-hydrogen) atoms. The molecular formula is C13H18S. The molecule has 76 valence electrons. The van der Waals surface area contributed by atoms with E-state index in [0.717, 1.165) is 6.42 Å². The molecule has 0 saturated carbocycles. The van der Waals surface area contributed by atoms with E-state index in [0.29, 0.717) is 5.92 Å². The topological polar surface area (TPSA) is 0 Å². The summed E-state index contributed by atoms with van der Waals surface area (Å²) in [6.07, 6.45) is 7.16. The van der Waals surface area contributed by atoms with Gasteiger partial charge in [0.1, 0.15) is 0 Å². The number of allylic oxidation sites excluding steroid dienone is 5. The number of rotatable bonds is 4. The van der Waals surface area contributed by atoms with Crippen LogP contribution in [0.3, 0.4) is 0 Å². The predicted molar refractivity (Wildman–Crippen MR) is 67.4 cm³/mol. The lowest BCUT2D eigenvalue weighted by Gasteiger charge is -2.12. The highest BCUT2D eigenvalue weighted by Gasteiger charge is 2.18. The Morgan fingerprint density at radius 2 is 2.14 bits per heavy atom. The van der Waals surface area contributed by atoms with Crippen molar-refractivity contribution in [2.75, 3.05) is 5.75 Å². The van der Waals surface area contributed by atoms with Gasteiger partial charge in [-0.3, -0.25) is 0 Å². The standard InChI is InChI=1S/C13H18S/c1-5-7-12(10(3)4)13-11(6-2)8-9-14-13/h5-7,10H,1-2,8-9H2,3-4H3/b12-7-. The fourth-order valence-electron chi connectivity index (χ4n) is 1.59. The zero-order valence-electron chi connectivity index (χ0n) is 9.05. The smallest absolute Gasteiger partial charge is 0.0139 e. The van der Waals surface area contributed by atoms with Gasteiger partial charge in [-0.15, -0.1) is 11.8 Å². The minimum Gasteiger partial charge on any atom is -0.125 e. The maximum atomic E-state index is 3.87. The van der Waals surface area contributed by atoms with Gasteiger partial charge in [0.05, 0.1) is 0 Å². The molecule has 0 aliphatic carbocycles. The van der Waals surface area contributed by atoms with Crippen LogP contribution in [0, 0.1) is 5.92 Å². The van der Waals surface area contributed by atoms with Crippen molar-refractivity contribution in [1.82, 2.24) is 0 Å². The van der Waals surface area contributed by atoms with Crippen molar-refractivity contribution in [2.45, 2.75) is 20.3 Å². The summed E-state index contributed by atoms with van der Waals surface area (Å²) in [5, 5.41) is 0. The SMILES string of the molecule is C=C/C=C(\C1=C(C=C)CCS1)C(C)C. The molecule has 0 unspecified atom stereocenters. The zero-order valence-corrected chi connectivity index (χ0v) is 9.86. The Balaban J connectivity index is 3.04. The van der Waals surface area contributed by atoms with Gasteiger partial charge in [-0.1, -0.05) is 45.2 Å². The maximum absolute atomic E-state index is 3.87. The summed E-state index contributed by atoms with van der Waals surface area (Å²) in [6.45, 7) is 12.1. The van der Waals surface area contributed by atoms with Crippen LogP contribution in [0.4, 0.5) is 0 Å². The molecule has 0 fully saturated rings. The molecule has 1 aliphatic heterocycles. The Labute approximate surface area is 91.5 Å². The fraction of sp³-hybridized carbons (Fsp3) is 0.385. The number of hydrogen-bond donors (Lipinski definition) is 0. The number of thioether (sulfide) groups is 1. The molecule has 0 aromatic rings. The quantitative estimate of drug-likeness (QED) is 0.617. The van der Waals surface area contributed by atoms with Gasteiger partial charge in [-0.2, -0.15) is 0 Å². The van der Waals surface area contributed by atoms with Crippen LogP contribution in [0.1, 0.15) is 20.3 Å². The van der Waals surface area contributed by atoms with Crippen LogP contribution >= 0.6 is 11.8 Å². The van der Waals surface area contributed by atoms with Gasteiger partial charge >= 0.3 is 0 Å². The van der Waals surface area contributed by atoms with Gasteiger partial charge in [0.2, 0.25) is 0 Å². The molecule has 0 amide bonds. The van der Waals surface area contributed by atoms with Gasteiger partial charge in [-0.25, -0.2) is 0 Å². The first kappa shape index (κ1) is 11.4. The summed E-state index contributed by atoms with van der Waals surface area (Å²) in [4.78, 5) is 1.43. The second-order valence-corrected chi connectivity index (χ2v) is 4.77. The summed E-state index contributed by atoms with van der Waals surface area (Å²) in [5.74, 6) is 1.75. The van der Waals surface area contributed by atoms with Crippen LogP contribution in [-0.4, -0.2) is 5.75 Å². The van der Waals surface area contributed by atoms with E-state index in [1.807, 2.05) is 23.9 Å². The van der Waals surface area contributed by atoms with E-state index >= 15 is 0 Å². The van der Waals surface area contributed by atoms with Crippen molar-refractivity contribution < 1.29 is 0 Å². The predicted octanol–water partition coefficient (Wildman–Crippen LogP) is 4.33. The molecule has 1 aliphatic rings. The summed E-state index contributed by atoms with van der Waals surface area (Å²) < 4.78 is 0. The highest BCUT2D eigenvalue weighted by Crippen LogP contribution is 2.39. The lowest BCUT2D eigenvalue weighted by Crippen LogP contribution is -1.95. The first-order valence-electron chi connectivity index (χ1n) is 5.02. The Bertz CT molecular complexity index is 292. The lowest BCUT2D eigenvalue weighted by atomic mass is 9.99. The van der Waals surface area contributed by atoms with Crippen LogP contribution in [0.5, 0.6) is 0 Å². The molecule has 1 heterocycles. The third-order valence-electron chi connectivity index (χ3n) is 2.34. The van der Waals surface area contributed by atoms with E-state index < -0.39 is 0 Å². The highest BCUT2D eigenvalue weighted by molar-refractivity contribution is 8.03. The third-order valence-corrected chi connectivity index (χ3v) is 3.53. The van der Waals surface area contributed by atoms with Crippen molar-refractivity contribution in [1.29, 1.82) is 0 Å². The van der Waals surface area contributed by atoms with Crippen LogP contribution < -0.4 is 0 Å². The summed E-state index contributed by atoms with van der Waals surface area (Å²) in [5.41, 5.74) is 2.80. The average Bonchev–Trinajstić information content (AvgIpc) is 2.61. The van der Waals surface area contributed by atoms with E-state index in [9.17, 15) is 0 Å². The summed E-state index contributed by atoms with van der Waals surface area (Å²) in [7, 11) is 0. The second-order valence-electron chi connectivity index (χ2n) is 3.67. The zero-order chi connectivity index (χ0) is 10.6. The molecule has 0 saturated heterocycles. The minimum atomic E-state index is 0.559. The van der Waals surface area contributed by atoms with E-state index in [1.54, 1.807) is 0 Å². The lowest BCUT2D eigenvalue weighted by molar-refractivity contribution is 0.787. The van der Waals surface area contributed by atoms with Crippen molar-refractivity contribution in [3.05, 3.63) is 47.4 Å². The molecule has 0 nitrogen and oxygen atoms in total. The molecular weight excluding hydrogens is 188 g/mol. The average molecular weight is 206 g/mol. The molecule has 0 radical (unpaired) electrons. The third kappa shape index (κ3) is 2.42.